The maximum absolute atomic E-state index is 9.13. The minimum absolute atomic E-state index is 0.531. The third-order valence-electron chi connectivity index (χ3n) is 1.66. The Morgan fingerprint density at radius 2 is 1.91 bits per heavy atom. The predicted octanol–water partition coefficient (Wildman–Crippen LogP) is 2.08. The fourth-order valence-corrected chi connectivity index (χ4v) is 1.02. The van der Waals surface area contributed by atoms with E-state index < -0.39 is 7.12 Å². The molecule has 0 aliphatic carbocycles. The zero-order valence-electron chi connectivity index (χ0n) is 7.68. The zero-order chi connectivity index (χ0) is 8.53. The molecule has 0 aromatic heterocycles. The van der Waals surface area contributed by atoms with E-state index >= 15 is 0 Å². The van der Waals surface area contributed by atoms with E-state index in [1.807, 2.05) is 6.92 Å². The molecule has 0 aliphatic heterocycles. The highest BCUT2D eigenvalue weighted by Crippen LogP contribution is 2.05. The summed E-state index contributed by atoms with van der Waals surface area (Å²) in [6.07, 6.45) is 5.58. The number of hydrogen-bond donors (Lipinski definition) is 1. The Morgan fingerprint density at radius 1 is 1.18 bits per heavy atom. The van der Waals surface area contributed by atoms with Gasteiger partial charge in [-0.25, -0.2) is 0 Å². The van der Waals surface area contributed by atoms with Gasteiger partial charge in [0.05, 0.1) is 0 Å². The molecule has 0 rings (SSSR count). The first-order valence-electron chi connectivity index (χ1n) is 4.61. The minimum Gasteiger partial charge on any atom is -0.427 e. The van der Waals surface area contributed by atoms with Crippen LogP contribution in [0.1, 0.15) is 39.5 Å². The molecule has 0 aliphatic rings. The van der Waals surface area contributed by atoms with Gasteiger partial charge in [-0.05, 0) is 13.2 Å². The van der Waals surface area contributed by atoms with Gasteiger partial charge in [-0.15, -0.1) is 0 Å². The van der Waals surface area contributed by atoms with Crippen LogP contribution in [0.25, 0.3) is 0 Å². The lowest BCUT2D eigenvalue weighted by molar-refractivity contribution is 0.273. The molecule has 1 N–H and O–H groups in total. The van der Waals surface area contributed by atoms with Gasteiger partial charge in [0.25, 0.3) is 0 Å². The smallest absolute Gasteiger partial charge is 0.427 e. The first-order chi connectivity index (χ1) is 5.31. The molecule has 0 fully saturated rings. The second-order valence-corrected chi connectivity index (χ2v) is 2.76. The molecular weight excluding hydrogens is 139 g/mol. The van der Waals surface area contributed by atoms with E-state index in [4.69, 9.17) is 9.68 Å². The molecule has 2 nitrogen and oxygen atoms in total. The van der Waals surface area contributed by atoms with E-state index in [0.29, 0.717) is 6.61 Å². The molecule has 66 valence electrons. The molecule has 0 amide bonds. The van der Waals surface area contributed by atoms with Crippen molar-refractivity contribution < 1.29 is 9.68 Å². The Hall–Kier alpha value is -0.0151. The van der Waals surface area contributed by atoms with Crippen molar-refractivity contribution in [1.29, 1.82) is 0 Å². The Balaban J connectivity index is 2.97. The maximum Gasteiger partial charge on any atom is 0.454 e. The summed E-state index contributed by atoms with van der Waals surface area (Å²) in [4.78, 5) is 0. The molecule has 0 aromatic carbocycles. The lowest BCUT2D eigenvalue weighted by Gasteiger charge is -2.04. The highest BCUT2D eigenvalue weighted by molar-refractivity contribution is 6.42. The second-order valence-electron chi connectivity index (χ2n) is 2.76. The molecule has 0 atom stereocenters. The van der Waals surface area contributed by atoms with Crippen molar-refractivity contribution in [3.63, 3.8) is 0 Å². The van der Waals surface area contributed by atoms with Crippen molar-refractivity contribution in [1.82, 2.24) is 0 Å². The summed E-state index contributed by atoms with van der Waals surface area (Å²) >= 11 is 0. The van der Waals surface area contributed by atoms with Crippen molar-refractivity contribution in [2.24, 2.45) is 0 Å². The van der Waals surface area contributed by atoms with Crippen LogP contribution in [0.3, 0.4) is 0 Å². The van der Waals surface area contributed by atoms with Crippen LogP contribution in [-0.4, -0.2) is 18.7 Å². The molecule has 0 heterocycles. The summed E-state index contributed by atoms with van der Waals surface area (Å²) in [6.45, 7) is 4.68. The van der Waals surface area contributed by atoms with Gasteiger partial charge in [0, 0.05) is 6.61 Å². The molecule has 0 saturated carbocycles. The van der Waals surface area contributed by atoms with Crippen LogP contribution in [0.15, 0.2) is 0 Å². The monoisotopic (exact) mass is 158 g/mol. The summed E-state index contributed by atoms with van der Waals surface area (Å²) in [5.74, 6) is 0. The third-order valence-corrected chi connectivity index (χ3v) is 1.66. The first-order valence-corrected chi connectivity index (χ1v) is 4.61. The van der Waals surface area contributed by atoms with E-state index in [1.54, 1.807) is 0 Å². The van der Waals surface area contributed by atoms with E-state index in [-0.39, 0.29) is 0 Å². The Labute approximate surface area is 70.1 Å². The number of unbranched alkanes of at least 4 members (excludes halogenated alkanes) is 3. The second kappa shape index (κ2) is 8.09. The fraction of sp³-hybridized carbons (Fsp3) is 1.00. The van der Waals surface area contributed by atoms with Gasteiger partial charge in [-0.2, -0.15) is 0 Å². The number of hydrogen-bond acceptors (Lipinski definition) is 2. The molecule has 0 aromatic rings. The average molecular weight is 158 g/mol. The van der Waals surface area contributed by atoms with Gasteiger partial charge in [-0.1, -0.05) is 32.6 Å². The van der Waals surface area contributed by atoms with Crippen LogP contribution in [0, 0.1) is 0 Å². The van der Waals surface area contributed by atoms with Gasteiger partial charge in [-0.3, -0.25) is 0 Å². The standard InChI is InChI=1S/C8H19BO2/c1-3-5-6-7-8-9(10)11-4-2/h10H,3-8H2,1-2H3. The summed E-state index contributed by atoms with van der Waals surface area (Å²) in [5.41, 5.74) is 0. The van der Waals surface area contributed by atoms with E-state index in [9.17, 15) is 0 Å². The quantitative estimate of drug-likeness (QED) is 0.454. The summed E-state index contributed by atoms with van der Waals surface area (Å²) in [6, 6.07) is 0. The Bertz CT molecular complexity index is 78.5. The molecular formula is C8H19BO2. The van der Waals surface area contributed by atoms with Gasteiger partial charge in [0.15, 0.2) is 0 Å². The fourth-order valence-electron chi connectivity index (χ4n) is 1.02. The first kappa shape index (κ1) is 11.0. The summed E-state index contributed by atoms with van der Waals surface area (Å²) in [5, 5.41) is 9.13. The van der Waals surface area contributed by atoms with Crippen molar-refractivity contribution >= 4 is 7.12 Å². The van der Waals surface area contributed by atoms with E-state index in [2.05, 4.69) is 6.92 Å². The summed E-state index contributed by atoms with van der Waals surface area (Å²) in [7, 11) is -0.531. The van der Waals surface area contributed by atoms with Crippen LogP contribution in [-0.2, 0) is 4.65 Å². The third kappa shape index (κ3) is 7.89. The highest BCUT2D eigenvalue weighted by atomic mass is 16.5. The molecule has 0 saturated heterocycles. The van der Waals surface area contributed by atoms with Gasteiger partial charge in [0.2, 0.25) is 0 Å². The van der Waals surface area contributed by atoms with Gasteiger partial charge in [0.1, 0.15) is 0 Å². The van der Waals surface area contributed by atoms with Crippen molar-refractivity contribution in [3.05, 3.63) is 0 Å². The molecule has 3 heteroatoms. The highest BCUT2D eigenvalue weighted by Gasteiger charge is 2.09. The minimum atomic E-state index is -0.531. The van der Waals surface area contributed by atoms with Crippen LogP contribution < -0.4 is 0 Å². The largest absolute Gasteiger partial charge is 0.454 e. The Morgan fingerprint density at radius 3 is 2.45 bits per heavy atom. The molecule has 0 bridgehead atoms. The lowest BCUT2D eigenvalue weighted by Crippen LogP contribution is -2.16. The summed E-state index contributed by atoms with van der Waals surface area (Å²) < 4.78 is 4.98. The molecule has 0 radical (unpaired) electrons. The topological polar surface area (TPSA) is 29.5 Å². The van der Waals surface area contributed by atoms with Crippen LogP contribution >= 0.6 is 0 Å². The van der Waals surface area contributed by atoms with E-state index in [1.165, 1.54) is 19.3 Å². The van der Waals surface area contributed by atoms with Crippen molar-refractivity contribution in [2.45, 2.75) is 45.9 Å². The maximum atomic E-state index is 9.13. The molecule has 11 heavy (non-hydrogen) atoms. The lowest BCUT2D eigenvalue weighted by atomic mass is 9.82. The zero-order valence-corrected chi connectivity index (χ0v) is 7.68. The Kier molecular flexibility index (Phi) is 8.07. The van der Waals surface area contributed by atoms with E-state index in [0.717, 1.165) is 12.7 Å². The van der Waals surface area contributed by atoms with Crippen LogP contribution in [0.4, 0.5) is 0 Å². The van der Waals surface area contributed by atoms with Crippen LogP contribution in [0.5, 0.6) is 0 Å². The number of rotatable bonds is 7. The van der Waals surface area contributed by atoms with Gasteiger partial charge >= 0.3 is 7.12 Å². The molecule has 0 spiro atoms. The van der Waals surface area contributed by atoms with Gasteiger partial charge < -0.3 is 9.68 Å². The van der Waals surface area contributed by atoms with Crippen molar-refractivity contribution in [2.75, 3.05) is 6.61 Å². The van der Waals surface area contributed by atoms with Crippen molar-refractivity contribution in [3.8, 4) is 0 Å². The average Bonchev–Trinajstić information content (AvgIpc) is 1.99. The molecule has 0 unspecified atom stereocenters. The predicted molar refractivity (Wildman–Crippen MR) is 48.5 cm³/mol. The normalized spacial score (nSPS) is 10.1. The SMILES string of the molecule is CCCCCCB(O)OCC. The van der Waals surface area contributed by atoms with Crippen LogP contribution in [0.2, 0.25) is 6.32 Å².